The van der Waals surface area contributed by atoms with Crippen LogP contribution in [-0.2, 0) is 0 Å². The Morgan fingerprint density at radius 1 is 1.39 bits per heavy atom. The van der Waals surface area contributed by atoms with Gasteiger partial charge >= 0.3 is 6.09 Å². The molecule has 2 rings (SSSR count). The minimum Gasteiger partial charge on any atom is -0.409 e. The Morgan fingerprint density at radius 3 is 2.56 bits per heavy atom. The summed E-state index contributed by atoms with van der Waals surface area (Å²) in [5.74, 6) is -1.76. The number of rotatable bonds is 2. The lowest BCUT2D eigenvalue weighted by molar-refractivity contribution is -0.0221. The maximum atomic E-state index is 13.0. The van der Waals surface area contributed by atoms with Gasteiger partial charge in [0.05, 0.1) is 6.20 Å². The molecule has 7 heteroatoms. The van der Waals surface area contributed by atoms with E-state index in [1.54, 1.807) is 11.0 Å². The zero-order valence-corrected chi connectivity index (χ0v) is 9.60. The number of amides is 1. The van der Waals surface area contributed by atoms with Crippen LogP contribution in [0.3, 0.4) is 0 Å². The molecule has 0 unspecified atom stereocenters. The van der Waals surface area contributed by atoms with E-state index in [0.29, 0.717) is 5.82 Å². The number of alkyl halides is 2. The molecule has 1 aliphatic rings. The van der Waals surface area contributed by atoms with E-state index < -0.39 is 12.0 Å². The van der Waals surface area contributed by atoms with E-state index in [9.17, 15) is 13.6 Å². The number of nitrogens with two attached hydrogens (primary N) is 1. The second-order valence-electron chi connectivity index (χ2n) is 4.12. The maximum Gasteiger partial charge on any atom is 0.410 e. The molecule has 2 N–H and O–H groups in total. The van der Waals surface area contributed by atoms with Gasteiger partial charge in [-0.3, -0.25) is 0 Å². The predicted octanol–water partition coefficient (Wildman–Crippen LogP) is 1.77. The first kappa shape index (κ1) is 12.5. The molecular weight excluding hydrogens is 244 g/mol. The number of anilines is 1. The van der Waals surface area contributed by atoms with Crippen molar-refractivity contribution in [3.05, 3.63) is 18.3 Å². The Morgan fingerprint density at radius 2 is 2.06 bits per heavy atom. The van der Waals surface area contributed by atoms with E-state index in [1.165, 1.54) is 12.3 Å². The summed E-state index contributed by atoms with van der Waals surface area (Å²) in [6.45, 7) is 0.520. The van der Waals surface area contributed by atoms with E-state index in [0.717, 1.165) is 0 Å². The molecule has 1 aromatic rings. The Kier molecular flexibility index (Phi) is 3.31. The molecule has 1 amide bonds. The second kappa shape index (κ2) is 4.75. The molecule has 2 heterocycles. The quantitative estimate of drug-likeness (QED) is 0.876. The molecule has 18 heavy (non-hydrogen) atoms. The highest BCUT2D eigenvalue weighted by Gasteiger charge is 2.34. The van der Waals surface area contributed by atoms with E-state index >= 15 is 0 Å². The fourth-order valence-corrected chi connectivity index (χ4v) is 1.80. The Labute approximate surface area is 103 Å². The molecule has 0 radical (unpaired) electrons. The molecule has 0 aromatic carbocycles. The van der Waals surface area contributed by atoms with Crippen molar-refractivity contribution in [2.45, 2.75) is 18.8 Å². The molecule has 0 spiro atoms. The van der Waals surface area contributed by atoms with Crippen molar-refractivity contribution in [3.8, 4) is 5.75 Å². The van der Waals surface area contributed by atoms with E-state index in [1.807, 2.05) is 0 Å². The Hall–Kier alpha value is -1.92. The minimum atomic E-state index is -2.58. The summed E-state index contributed by atoms with van der Waals surface area (Å²) in [6.07, 6.45) is 0.0807. The molecule has 1 fully saturated rings. The molecule has 1 aromatic heterocycles. The average Bonchev–Trinajstić information content (AvgIpc) is 2.30. The monoisotopic (exact) mass is 257 g/mol. The maximum absolute atomic E-state index is 13.0. The molecule has 0 bridgehead atoms. The highest BCUT2D eigenvalue weighted by atomic mass is 19.3. The van der Waals surface area contributed by atoms with Crippen LogP contribution in [0.25, 0.3) is 0 Å². The number of carbonyl (C=O) groups excluding carboxylic acids is 1. The Balaban J connectivity index is 2.00. The summed E-state index contributed by atoms with van der Waals surface area (Å²) < 4.78 is 30.6. The van der Waals surface area contributed by atoms with Gasteiger partial charge in [0, 0.05) is 25.9 Å². The van der Waals surface area contributed by atoms with Gasteiger partial charge in [0.25, 0.3) is 5.92 Å². The van der Waals surface area contributed by atoms with Crippen LogP contribution in [0.1, 0.15) is 12.8 Å². The number of primary amides is 1. The zero-order valence-electron chi connectivity index (χ0n) is 9.60. The standard InChI is InChI=1S/C11H13F2N3O2/c12-11(13)3-5-16(6-4-11)9-2-1-8(7-15-9)18-10(14)17/h1-2,7H,3-6H2,(H2,14,17). The molecule has 0 saturated carbocycles. The van der Waals surface area contributed by atoms with Crippen LogP contribution in [0, 0.1) is 0 Å². The van der Waals surface area contributed by atoms with Crippen LogP contribution < -0.4 is 15.4 Å². The first-order chi connectivity index (χ1) is 8.46. The van der Waals surface area contributed by atoms with Crippen molar-refractivity contribution in [2.24, 2.45) is 5.73 Å². The number of carbonyl (C=O) groups is 1. The molecule has 98 valence electrons. The van der Waals surface area contributed by atoms with Crippen LogP contribution >= 0.6 is 0 Å². The molecule has 0 atom stereocenters. The van der Waals surface area contributed by atoms with Crippen LogP contribution in [0.15, 0.2) is 18.3 Å². The van der Waals surface area contributed by atoms with Crippen molar-refractivity contribution >= 4 is 11.9 Å². The van der Waals surface area contributed by atoms with Crippen molar-refractivity contribution < 1.29 is 18.3 Å². The van der Waals surface area contributed by atoms with E-state index in [-0.39, 0.29) is 31.7 Å². The van der Waals surface area contributed by atoms with E-state index in [4.69, 9.17) is 5.73 Å². The molecule has 5 nitrogen and oxygen atoms in total. The van der Waals surface area contributed by atoms with Gasteiger partial charge in [0.1, 0.15) is 5.82 Å². The fraction of sp³-hybridized carbons (Fsp3) is 0.455. The van der Waals surface area contributed by atoms with Crippen LogP contribution in [0.2, 0.25) is 0 Å². The van der Waals surface area contributed by atoms with Gasteiger partial charge in [-0.2, -0.15) is 0 Å². The number of hydrogen-bond donors (Lipinski definition) is 1. The molecule has 1 saturated heterocycles. The number of ether oxygens (including phenoxy) is 1. The summed E-state index contributed by atoms with van der Waals surface area (Å²) in [5, 5.41) is 0. The summed E-state index contributed by atoms with van der Waals surface area (Å²) in [5.41, 5.74) is 4.85. The topological polar surface area (TPSA) is 68.5 Å². The predicted molar refractivity (Wildman–Crippen MR) is 60.8 cm³/mol. The SMILES string of the molecule is NC(=O)Oc1ccc(N2CCC(F)(F)CC2)nc1. The third-order valence-corrected chi connectivity index (χ3v) is 2.76. The van der Waals surface area contributed by atoms with Crippen LogP contribution in [0.5, 0.6) is 5.75 Å². The highest BCUT2D eigenvalue weighted by Crippen LogP contribution is 2.29. The third-order valence-electron chi connectivity index (χ3n) is 2.76. The van der Waals surface area contributed by atoms with Crippen molar-refractivity contribution in [2.75, 3.05) is 18.0 Å². The van der Waals surface area contributed by atoms with Crippen LogP contribution in [-0.4, -0.2) is 30.1 Å². The van der Waals surface area contributed by atoms with Gasteiger partial charge in [0.15, 0.2) is 5.75 Å². The van der Waals surface area contributed by atoms with Gasteiger partial charge in [0.2, 0.25) is 0 Å². The molecule has 1 aliphatic heterocycles. The van der Waals surface area contributed by atoms with Gasteiger partial charge in [-0.1, -0.05) is 0 Å². The highest BCUT2D eigenvalue weighted by molar-refractivity contribution is 5.68. The van der Waals surface area contributed by atoms with Crippen molar-refractivity contribution in [1.29, 1.82) is 0 Å². The van der Waals surface area contributed by atoms with Crippen molar-refractivity contribution in [1.82, 2.24) is 4.98 Å². The first-order valence-electron chi connectivity index (χ1n) is 5.52. The van der Waals surface area contributed by atoms with Gasteiger partial charge in [-0.05, 0) is 12.1 Å². The fourth-order valence-electron chi connectivity index (χ4n) is 1.80. The third kappa shape index (κ3) is 3.06. The normalized spacial score (nSPS) is 18.4. The average molecular weight is 257 g/mol. The zero-order chi connectivity index (χ0) is 13.2. The number of nitrogens with zero attached hydrogens (tertiary/aromatic N) is 2. The number of halogens is 2. The summed E-state index contributed by atoms with van der Waals surface area (Å²) in [4.78, 5) is 16.3. The van der Waals surface area contributed by atoms with Gasteiger partial charge < -0.3 is 15.4 Å². The summed E-state index contributed by atoms with van der Waals surface area (Å²) in [6, 6.07) is 3.14. The Bertz CT molecular complexity index is 426. The number of aromatic nitrogens is 1. The lowest BCUT2D eigenvalue weighted by atomic mass is 10.1. The minimum absolute atomic E-state index is 0.172. The number of piperidine rings is 1. The summed E-state index contributed by atoms with van der Waals surface area (Å²) in [7, 11) is 0. The van der Waals surface area contributed by atoms with Gasteiger partial charge in [-0.15, -0.1) is 0 Å². The lowest BCUT2D eigenvalue weighted by Crippen LogP contribution is -2.39. The van der Waals surface area contributed by atoms with Gasteiger partial charge in [-0.25, -0.2) is 18.6 Å². The molecule has 0 aliphatic carbocycles. The second-order valence-corrected chi connectivity index (χ2v) is 4.12. The van der Waals surface area contributed by atoms with Crippen LogP contribution in [0.4, 0.5) is 19.4 Å². The lowest BCUT2D eigenvalue weighted by Gasteiger charge is -2.32. The smallest absolute Gasteiger partial charge is 0.409 e. The summed E-state index contributed by atoms with van der Waals surface area (Å²) >= 11 is 0. The number of pyridine rings is 1. The molecular formula is C11H13F2N3O2. The van der Waals surface area contributed by atoms with E-state index in [2.05, 4.69) is 9.72 Å². The first-order valence-corrected chi connectivity index (χ1v) is 5.52. The van der Waals surface area contributed by atoms with Crippen molar-refractivity contribution in [3.63, 3.8) is 0 Å². The largest absolute Gasteiger partial charge is 0.410 e. The number of hydrogen-bond acceptors (Lipinski definition) is 4.